The molecule has 0 aliphatic heterocycles. The van der Waals surface area contributed by atoms with Crippen molar-refractivity contribution in [1.82, 2.24) is 19.8 Å². The van der Waals surface area contributed by atoms with Crippen LogP contribution >= 0.6 is 0 Å². The van der Waals surface area contributed by atoms with Crippen molar-refractivity contribution in [2.75, 3.05) is 5.32 Å². The predicted molar refractivity (Wildman–Crippen MR) is 140 cm³/mol. The molecule has 1 aliphatic carbocycles. The van der Waals surface area contributed by atoms with E-state index in [1.54, 1.807) is 16.8 Å². The number of anilines is 1. The molecule has 1 N–H and O–H groups in total. The molecule has 0 unspecified atom stereocenters. The Morgan fingerprint density at radius 1 is 1.03 bits per heavy atom. The lowest BCUT2D eigenvalue weighted by atomic mass is 9.94. The molecule has 6 rings (SSSR count). The molecule has 7 nitrogen and oxygen atoms in total. The number of nitrogens with one attached hydrogen (secondary N) is 1. The van der Waals surface area contributed by atoms with Crippen molar-refractivity contribution in [2.45, 2.75) is 46.2 Å². The van der Waals surface area contributed by atoms with E-state index in [0.717, 1.165) is 22.2 Å². The SMILES string of the molecule is Cc1cc(C)c(-c2ccn3ncc(C(=O)Nc4cc(-c5noc([C@H]6C[C@@H]6F)n5)ccc4C)c3c2)c(C)c1. The molecule has 3 aromatic heterocycles. The molecular weight excluding hydrogens is 469 g/mol. The maximum absolute atomic E-state index is 13.4. The molecule has 2 aromatic carbocycles. The van der Waals surface area contributed by atoms with E-state index in [2.05, 4.69) is 53.5 Å². The maximum atomic E-state index is 13.4. The van der Waals surface area contributed by atoms with Crippen molar-refractivity contribution in [3.8, 4) is 22.5 Å². The number of hydrogen-bond acceptors (Lipinski definition) is 5. The molecule has 0 spiro atoms. The van der Waals surface area contributed by atoms with Crippen LogP contribution < -0.4 is 5.32 Å². The second-order valence-corrected chi connectivity index (χ2v) is 9.88. The lowest BCUT2D eigenvalue weighted by molar-refractivity contribution is 0.102. The third-order valence-electron chi connectivity index (χ3n) is 6.95. The van der Waals surface area contributed by atoms with Crippen molar-refractivity contribution in [3.63, 3.8) is 0 Å². The largest absolute Gasteiger partial charge is 0.339 e. The molecule has 186 valence electrons. The molecule has 1 aliphatic rings. The number of carbonyl (C=O) groups is 1. The minimum absolute atomic E-state index is 0.267. The van der Waals surface area contributed by atoms with Crippen molar-refractivity contribution >= 4 is 17.1 Å². The van der Waals surface area contributed by atoms with Crippen LogP contribution in [0.3, 0.4) is 0 Å². The van der Waals surface area contributed by atoms with Crippen LogP contribution in [-0.2, 0) is 0 Å². The van der Waals surface area contributed by atoms with E-state index in [1.807, 2.05) is 37.4 Å². The minimum atomic E-state index is -0.911. The number of fused-ring (bicyclic) bond motifs is 1. The first kappa shape index (κ1) is 23.1. The Morgan fingerprint density at radius 3 is 2.51 bits per heavy atom. The van der Waals surface area contributed by atoms with Crippen LogP contribution in [0.1, 0.15) is 50.8 Å². The monoisotopic (exact) mass is 495 g/mol. The Kier molecular flexibility index (Phi) is 5.40. The van der Waals surface area contributed by atoms with Gasteiger partial charge in [0.05, 0.1) is 23.2 Å². The van der Waals surface area contributed by atoms with E-state index in [1.165, 1.54) is 16.7 Å². The van der Waals surface area contributed by atoms with Gasteiger partial charge >= 0.3 is 0 Å². The zero-order valence-corrected chi connectivity index (χ0v) is 21.0. The number of pyridine rings is 1. The molecule has 0 radical (unpaired) electrons. The summed E-state index contributed by atoms with van der Waals surface area (Å²) in [7, 11) is 0. The summed E-state index contributed by atoms with van der Waals surface area (Å²) in [6.07, 6.45) is 2.96. The number of benzene rings is 2. The van der Waals surface area contributed by atoms with Crippen molar-refractivity contribution < 1.29 is 13.7 Å². The highest BCUT2D eigenvalue weighted by Crippen LogP contribution is 2.43. The molecular formula is C29H26FN5O2. The van der Waals surface area contributed by atoms with Gasteiger partial charge in [0.15, 0.2) is 0 Å². The third kappa shape index (κ3) is 4.18. The standard InChI is InChI=1S/C29H26FN5O2/c1-15-9-17(3)26(18(4)10-15)19-7-8-35-25(12-19)22(14-31-35)28(36)32-24-11-20(6-5-16(24)2)27-33-29(37-34-27)21-13-23(21)30/h5-12,14,21,23H,13H2,1-4H3,(H,32,36)/t21-,23-/m0/s1. The van der Waals surface area contributed by atoms with E-state index >= 15 is 0 Å². The summed E-state index contributed by atoms with van der Waals surface area (Å²) in [6.45, 7) is 8.21. The van der Waals surface area contributed by atoms with Crippen LogP contribution in [0.2, 0.25) is 0 Å². The van der Waals surface area contributed by atoms with Gasteiger partial charge in [-0.3, -0.25) is 4.79 Å². The number of alkyl halides is 1. The summed E-state index contributed by atoms with van der Waals surface area (Å²) in [4.78, 5) is 17.7. The number of aromatic nitrogens is 4. The number of halogens is 1. The normalized spacial score (nSPS) is 16.8. The highest BCUT2D eigenvalue weighted by molar-refractivity contribution is 6.09. The van der Waals surface area contributed by atoms with Crippen molar-refractivity contribution in [2.24, 2.45) is 0 Å². The first-order valence-electron chi connectivity index (χ1n) is 12.2. The van der Waals surface area contributed by atoms with Gasteiger partial charge in [0.25, 0.3) is 5.91 Å². The molecule has 0 saturated heterocycles. The van der Waals surface area contributed by atoms with E-state index in [4.69, 9.17) is 4.52 Å². The second-order valence-electron chi connectivity index (χ2n) is 9.88. The van der Waals surface area contributed by atoms with Gasteiger partial charge in [-0.25, -0.2) is 8.91 Å². The Bertz CT molecular complexity index is 1660. The van der Waals surface area contributed by atoms with E-state index in [0.29, 0.717) is 35.0 Å². The van der Waals surface area contributed by atoms with Crippen LogP contribution in [0.15, 0.2) is 59.4 Å². The summed E-state index contributed by atoms with van der Waals surface area (Å²) < 4.78 is 20.3. The zero-order valence-electron chi connectivity index (χ0n) is 21.0. The predicted octanol–water partition coefficient (Wildman–Crippen LogP) is 6.36. The number of hydrogen-bond donors (Lipinski definition) is 1. The molecule has 1 amide bonds. The Labute approximate surface area is 213 Å². The fourth-order valence-corrected chi connectivity index (χ4v) is 4.95. The van der Waals surface area contributed by atoms with E-state index < -0.39 is 6.17 Å². The number of rotatable bonds is 5. The lowest BCUT2D eigenvalue weighted by Crippen LogP contribution is -2.12. The number of carbonyl (C=O) groups excluding carboxylic acids is 1. The summed E-state index contributed by atoms with van der Waals surface area (Å²) in [5.74, 6) is 0.111. The van der Waals surface area contributed by atoms with Gasteiger partial charge < -0.3 is 9.84 Å². The van der Waals surface area contributed by atoms with Crippen molar-refractivity contribution in [3.05, 3.63) is 88.6 Å². The zero-order chi connectivity index (χ0) is 25.8. The molecule has 1 saturated carbocycles. The molecule has 2 atom stereocenters. The number of aryl methyl sites for hydroxylation is 4. The molecule has 37 heavy (non-hydrogen) atoms. The number of nitrogens with zero attached hydrogens (tertiary/aromatic N) is 4. The van der Waals surface area contributed by atoms with Crippen LogP contribution in [-0.4, -0.2) is 31.8 Å². The van der Waals surface area contributed by atoms with Crippen LogP contribution in [0.4, 0.5) is 10.1 Å². The summed E-state index contributed by atoms with van der Waals surface area (Å²) in [5.41, 5.74) is 9.18. The summed E-state index contributed by atoms with van der Waals surface area (Å²) in [6, 6.07) is 13.9. The Morgan fingerprint density at radius 2 is 1.78 bits per heavy atom. The molecule has 3 heterocycles. The van der Waals surface area contributed by atoms with Gasteiger partial charge in [0.1, 0.15) is 6.17 Å². The fourth-order valence-electron chi connectivity index (χ4n) is 4.95. The lowest BCUT2D eigenvalue weighted by Gasteiger charge is -2.12. The summed E-state index contributed by atoms with van der Waals surface area (Å²) >= 11 is 0. The van der Waals surface area contributed by atoms with Gasteiger partial charge in [-0.05, 0) is 80.1 Å². The van der Waals surface area contributed by atoms with Gasteiger partial charge in [0, 0.05) is 17.4 Å². The average molecular weight is 496 g/mol. The van der Waals surface area contributed by atoms with Gasteiger partial charge in [-0.2, -0.15) is 10.1 Å². The molecule has 5 aromatic rings. The van der Waals surface area contributed by atoms with E-state index in [-0.39, 0.29) is 11.8 Å². The highest BCUT2D eigenvalue weighted by atomic mass is 19.1. The Balaban J connectivity index is 1.31. The van der Waals surface area contributed by atoms with Crippen LogP contribution in [0.5, 0.6) is 0 Å². The first-order chi connectivity index (χ1) is 17.8. The van der Waals surface area contributed by atoms with Crippen molar-refractivity contribution in [1.29, 1.82) is 0 Å². The quantitative estimate of drug-likeness (QED) is 0.307. The van der Waals surface area contributed by atoms with Crippen LogP contribution in [0, 0.1) is 27.7 Å². The summed E-state index contributed by atoms with van der Waals surface area (Å²) in [5, 5.41) is 11.4. The molecule has 1 fully saturated rings. The minimum Gasteiger partial charge on any atom is -0.339 e. The van der Waals surface area contributed by atoms with Gasteiger partial charge in [-0.15, -0.1) is 0 Å². The average Bonchev–Trinajstić information content (AvgIpc) is 3.23. The molecule has 8 heteroatoms. The van der Waals surface area contributed by atoms with Gasteiger partial charge in [0.2, 0.25) is 11.7 Å². The smallest absolute Gasteiger partial charge is 0.259 e. The Hall–Kier alpha value is -4.33. The highest BCUT2D eigenvalue weighted by Gasteiger charge is 2.43. The second kappa shape index (κ2) is 8.65. The van der Waals surface area contributed by atoms with Gasteiger partial charge in [-0.1, -0.05) is 35.0 Å². The van der Waals surface area contributed by atoms with Crippen LogP contribution in [0.25, 0.3) is 28.0 Å². The fraction of sp³-hybridized carbons (Fsp3) is 0.241. The first-order valence-corrected chi connectivity index (χ1v) is 12.2. The molecule has 0 bridgehead atoms. The topological polar surface area (TPSA) is 85.3 Å². The van der Waals surface area contributed by atoms with E-state index in [9.17, 15) is 9.18 Å². The maximum Gasteiger partial charge on any atom is 0.259 e. The third-order valence-corrected chi connectivity index (χ3v) is 6.95. The number of amides is 1.